The highest BCUT2D eigenvalue weighted by atomic mass is 16.3. The van der Waals surface area contributed by atoms with Gasteiger partial charge in [-0.25, -0.2) is 0 Å². The van der Waals surface area contributed by atoms with Gasteiger partial charge in [-0.05, 0) is 43.9 Å². The van der Waals surface area contributed by atoms with Crippen molar-refractivity contribution in [1.29, 1.82) is 0 Å². The summed E-state index contributed by atoms with van der Waals surface area (Å²) in [6.45, 7) is 5.91. The summed E-state index contributed by atoms with van der Waals surface area (Å²) in [6.07, 6.45) is 5.94. The van der Waals surface area contributed by atoms with Crippen molar-refractivity contribution in [3.8, 4) is 0 Å². The Morgan fingerprint density at radius 2 is 1.89 bits per heavy atom. The van der Waals surface area contributed by atoms with Gasteiger partial charge in [0.05, 0.1) is 6.61 Å². The van der Waals surface area contributed by atoms with Crippen LogP contribution in [0.3, 0.4) is 0 Å². The molecule has 19 heavy (non-hydrogen) atoms. The number of nitrogens with zero attached hydrogens (tertiary/aromatic N) is 1. The van der Waals surface area contributed by atoms with Crippen molar-refractivity contribution in [3.05, 3.63) is 0 Å². The van der Waals surface area contributed by atoms with E-state index >= 15 is 0 Å². The monoisotopic (exact) mass is 270 g/mol. The van der Waals surface area contributed by atoms with E-state index in [4.69, 9.17) is 10.2 Å². The van der Waals surface area contributed by atoms with Gasteiger partial charge in [0, 0.05) is 38.3 Å². The van der Waals surface area contributed by atoms with E-state index in [9.17, 15) is 0 Å². The number of aliphatic hydroxyl groups excluding tert-OH is 2. The van der Waals surface area contributed by atoms with Gasteiger partial charge in [0.2, 0.25) is 0 Å². The van der Waals surface area contributed by atoms with Crippen LogP contribution < -0.4 is 5.32 Å². The predicted molar refractivity (Wildman–Crippen MR) is 77.1 cm³/mol. The summed E-state index contributed by atoms with van der Waals surface area (Å²) in [5, 5.41) is 21.4. The molecule has 2 aliphatic rings. The largest absolute Gasteiger partial charge is 0.396 e. The lowest BCUT2D eigenvalue weighted by atomic mass is 9.78. The third-order valence-corrected chi connectivity index (χ3v) is 4.75. The number of aliphatic hydroxyl groups is 2. The van der Waals surface area contributed by atoms with Gasteiger partial charge in [0.15, 0.2) is 0 Å². The molecule has 0 aromatic rings. The standard InChI is InChI=1S/C15H30N2O2/c1-12-7-15(8-12)17-10-13(3-2-5-18)9-14(11-17)16-4-6-19/h12-16,18-19H,2-11H2,1H3. The molecule has 0 aromatic heterocycles. The summed E-state index contributed by atoms with van der Waals surface area (Å²) >= 11 is 0. The Balaban J connectivity index is 1.83. The van der Waals surface area contributed by atoms with Gasteiger partial charge in [-0.3, -0.25) is 4.90 Å². The quantitative estimate of drug-likeness (QED) is 0.641. The van der Waals surface area contributed by atoms with E-state index in [1.165, 1.54) is 25.8 Å². The SMILES string of the molecule is CC1CC(N2CC(CCCO)CC(NCCO)C2)C1. The van der Waals surface area contributed by atoms with E-state index in [0.717, 1.165) is 31.3 Å². The third kappa shape index (κ3) is 4.42. The van der Waals surface area contributed by atoms with Crippen molar-refractivity contribution in [3.63, 3.8) is 0 Å². The van der Waals surface area contributed by atoms with E-state index in [2.05, 4.69) is 17.1 Å². The van der Waals surface area contributed by atoms with Crippen molar-refractivity contribution >= 4 is 0 Å². The summed E-state index contributed by atoms with van der Waals surface area (Å²) in [7, 11) is 0. The lowest BCUT2D eigenvalue weighted by Gasteiger charge is -2.47. The molecule has 0 radical (unpaired) electrons. The number of likely N-dealkylation sites (tertiary alicyclic amines) is 1. The van der Waals surface area contributed by atoms with Crippen LogP contribution in [0, 0.1) is 11.8 Å². The topological polar surface area (TPSA) is 55.7 Å². The molecule has 112 valence electrons. The fourth-order valence-corrected chi connectivity index (χ4v) is 3.70. The fraction of sp³-hybridized carbons (Fsp3) is 1.00. The Morgan fingerprint density at radius 1 is 1.11 bits per heavy atom. The molecule has 2 rings (SSSR count). The first-order valence-electron chi connectivity index (χ1n) is 7.92. The second-order valence-electron chi connectivity index (χ2n) is 6.53. The number of nitrogens with one attached hydrogen (secondary N) is 1. The molecular formula is C15H30N2O2. The zero-order valence-electron chi connectivity index (χ0n) is 12.2. The minimum atomic E-state index is 0.221. The van der Waals surface area contributed by atoms with Gasteiger partial charge < -0.3 is 15.5 Å². The van der Waals surface area contributed by atoms with Crippen molar-refractivity contribution < 1.29 is 10.2 Å². The van der Waals surface area contributed by atoms with E-state index in [-0.39, 0.29) is 6.61 Å². The average molecular weight is 270 g/mol. The Hall–Kier alpha value is -0.160. The maximum absolute atomic E-state index is 9.01. The molecular weight excluding hydrogens is 240 g/mol. The second-order valence-corrected chi connectivity index (χ2v) is 6.53. The van der Waals surface area contributed by atoms with Crippen molar-refractivity contribution in [2.45, 2.75) is 51.1 Å². The Labute approximate surface area is 117 Å². The van der Waals surface area contributed by atoms with Gasteiger partial charge in [-0.15, -0.1) is 0 Å². The molecule has 4 nitrogen and oxygen atoms in total. The molecule has 2 fully saturated rings. The van der Waals surface area contributed by atoms with Crippen LogP contribution in [0.15, 0.2) is 0 Å². The smallest absolute Gasteiger partial charge is 0.0556 e. The first kappa shape index (κ1) is 15.2. The number of piperidine rings is 1. The molecule has 1 saturated heterocycles. The minimum absolute atomic E-state index is 0.221. The molecule has 4 heteroatoms. The highest BCUT2D eigenvalue weighted by Crippen LogP contribution is 2.34. The highest BCUT2D eigenvalue weighted by molar-refractivity contribution is 4.92. The Morgan fingerprint density at radius 3 is 2.53 bits per heavy atom. The van der Waals surface area contributed by atoms with Gasteiger partial charge in [0.25, 0.3) is 0 Å². The number of hydrogen-bond donors (Lipinski definition) is 3. The molecule has 0 amide bonds. The van der Waals surface area contributed by atoms with Crippen LogP contribution in [0.2, 0.25) is 0 Å². The first-order valence-corrected chi connectivity index (χ1v) is 7.92. The van der Waals surface area contributed by atoms with Gasteiger partial charge >= 0.3 is 0 Å². The van der Waals surface area contributed by atoms with E-state index < -0.39 is 0 Å². The zero-order valence-corrected chi connectivity index (χ0v) is 12.2. The summed E-state index contributed by atoms with van der Waals surface area (Å²) in [5.74, 6) is 1.60. The average Bonchev–Trinajstić information content (AvgIpc) is 2.39. The molecule has 2 unspecified atom stereocenters. The van der Waals surface area contributed by atoms with E-state index in [0.29, 0.717) is 25.1 Å². The van der Waals surface area contributed by atoms with Gasteiger partial charge in [0.1, 0.15) is 0 Å². The van der Waals surface area contributed by atoms with Crippen LogP contribution in [0.4, 0.5) is 0 Å². The van der Waals surface area contributed by atoms with Crippen LogP contribution in [-0.2, 0) is 0 Å². The molecule has 3 N–H and O–H groups in total. The van der Waals surface area contributed by atoms with E-state index in [1.807, 2.05) is 0 Å². The first-order chi connectivity index (χ1) is 9.22. The van der Waals surface area contributed by atoms with Gasteiger partial charge in [-0.1, -0.05) is 6.92 Å². The van der Waals surface area contributed by atoms with Crippen LogP contribution in [0.25, 0.3) is 0 Å². The zero-order chi connectivity index (χ0) is 13.7. The summed E-state index contributed by atoms with van der Waals surface area (Å²) in [6, 6.07) is 1.30. The number of rotatable bonds is 7. The van der Waals surface area contributed by atoms with Crippen molar-refractivity contribution in [2.24, 2.45) is 11.8 Å². The van der Waals surface area contributed by atoms with Crippen molar-refractivity contribution in [2.75, 3.05) is 32.8 Å². The number of hydrogen-bond acceptors (Lipinski definition) is 4. The van der Waals surface area contributed by atoms with Crippen LogP contribution >= 0.6 is 0 Å². The highest BCUT2D eigenvalue weighted by Gasteiger charge is 2.36. The predicted octanol–water partition coefficient (Wildman–Crippen LogP) is 0.830. The summed E-state index contributed by atoms with van der Waals surface area (Å²) in [5.41, 5.74) is 0. The second kappa shape index (κ2) is 7.58. The molecule has 0 spiro atoms. The van der Waals surface area contributed by atoms with Crippen LogP contribution in [0.5, 0.6) is 0 Å². The maximum atomic E-state index is 9.01. The van der Waals surface area contributed by atoms with E-state index in [1.54, 1.807) is 0 Å². The van der Waals surface area contributed by atoms with Gasteiger partial charge in [-0.2, -0.15) is 0 Å². The molecule has 0 aromatic carbocycles. The summed E-state index contributed by atoms with van der Waals surface area (Å²) < 4.78 is 0. The molecule has 1 aliphatic carbocycles. The Bertz CT molecular complexity index is 241. The fourth-order valence-electron chi connectivity index (χ4n) is 3.70. The van der Waals surface area contributed by atoms with Crippen molar-refractivity contribution in [1.82, 2.24) is 10.2 Å². The minimum Gasteiger partial charge on any atom is -0.396 e. The summed E-state index contributed by atoms with van der Waals surface area (Å²) in [4.78, 5) is 2.65. The van der Waals surface area contributed by atoms with Crippen LogP contribution in [-0.4, -0.2) is 60.0 Å². The molecule has 2 atom stereocenters. The lowest BCUT2D eigenvalue weighted by molar-refractivity contribution is 0.0299. The Kier molecular flexibility index (Phi) is 6.07. The molecule has 0 bridgehead atoms. The molecule has 1 saturated carbocycles. The van der Waals surface area contributed by atoms with Crippen LogP contribution in [0.1, 0.15) is 39.0 Å². The maximum Gasteiger partial charge on any atom is 0.0556 e. The lowest BCUT2D eigenvalue weighted by Crippen LogP contribution is -2.55. The molecule has 1 aliphatic heterocycles. The third-order valence-electron chi connectivity index (χ3n) is 4.75. The normalized spacial score (nSPS) is 36.2. The molecule has 1 heterocycles.